The summed E-state index contributed by atoms with van der Waals surface area (Å²) in [7, 11) is 0. The van der Waals surface area contributed by atoms with E-state index in [-0.39, 0.29) is 25.0 Å². The van der Waals surface area contributed by atoms with Gasteiger partial charge in [-0.25, -0.2) is 4.68 Å². The van der Waals surface area contributed by atoms with E-state index >= 15 is 0 Å². The Bertz CT molecular complexity index is 1330. The van der Waals surface area contributed by atoms with Crippen molar-refractivity contribution in [3.05, 3.63) is 102 Å². The van der Waals surface area contributed by atoms with Gasteiger partial charge in [-0.15, -0.1) is 0 Å². The molecule has 0 fully saturated rings. The Morgan fingerprint density at radius 3 is 2.59 bits per heavy atom. The molecule has 0 saturated carbocycles. The molecule has 1 aromatic heterocycles. The number of hydrogen-bond donors (Lipinski definition) is 2. The third kappa shape index (κ3) is 4.75. The van der Waals surface area contributed by atoms with Gasteiger partial charge >= 0.3 is 0 Å². The molecule has 0 bridgehead atoms. The minimum atomic E-state index is -0.287. The van der Waals surface area contributed by atoms with Crippen molar-refractivity contribution in [1.82, 2.24) is 15.1 Å². The van der Waals surface area contributed by atoms with Crippen molar-refractivity contribution >= 4 is 17.5 Å². The van der Waals surface area contributed by atoms with Crippen molar-refractivity contribution in [2.75, 3.05) is 12.1 Å². The molecule has 1 aliphatic rings. The summed E-state index contributed by atoms with van der Waals surface area (Å²) in [5.41, 5.74) is 3.40. The number of carbonyl (C=O) groups is 2. The predicted molar refractivity (Wildman–Crippen MR) is 126 cm³/mol. The molecule has 0 aliphatic carbocycles. The summed E-state index contributed by atoms with van der Waals surface area (Å²) in [5, 5.41) is 10.1. The fourth-order valence-electron chi connectivity index (χ4n) is 3.67. The lowest BCUT2D eigenvalue weighted by Gasteiger charge is -2.11. The van der Waals surface area contributed by atoms with Crippen LogP contribution in [0.3, 0.4) is 0 Å². The first kappa shape index (κ1) is 21.3. The van der Waals surface area contributed by atoms with Crippen LogP contribution in [0.4, 0.5) is 5.69 Å². The van der Waals surface area contributed by atoms with Gasteiger partial charge in [0.2, 0.25) is 12.7 Å². The van der Waals surface area contributed by atoms with Crippen molar-refractivity contribution < 1.29 is 19.1 Å². The number of nitrogens with one attached hydrogen (secondary N) is 2. The van der Waals surface area contributed by atoms with Gasteiger partial charge in [0, 0.05) is 12.7 Å². The van der Waals surface area contributed by atoms with Crippen molar-refractivity contribution in [2.45, 2.75) is 13.0 Å². The van der Waals surface area contributed by atoms with Crippen LogP contribution >= 0.6 is 0 Å². The topological polar surface area (TPSA) is 94.5 Å². The number of nitrogens with zero attached hydrogens (tertiary/aromatic N) is 2. The summed E-state index contributed by atoms with van der Waals surface area (Å²) < 4.78 is 12.4. The van der Waals surface area contributed by atoms with Crippen molar-refractivity contribution in [3.63, 3.8) is 0 Å². The Morgan fingerprint density at radius 1 is 0.912 bits per heavy atom. The quantitative estimate of drug-likeness (QED) is 0.444. The van der Waals surface area contributed by atoms with Crippen molar-refractivity contribution in [3.8, 4) is 17.2 Å². The first-order valence-corrected chi connectivity index (χ1v) is 10.8. The molecule has 0 unspecified atom stereocenters. The number of rotatable bonds is 7. The van der Waals surface area contributed by atoms with Crippen LogP contribution in [-0.2, 0) is 17.8 Å². The number of benzene rings is 3. The van der Waals surface area contributed by atoms with Crippen LogP contribution < -0.4 is 20.1 Å². The highest BCUT2D eigenvalue weighted by atomic mass is 16.7. The van der Waals surface area contributed by atoms with Gasteiger partial charge in [0.15, 0.2) is 11.5 Å². The molecule has 0 atom stereocenters. The first-order chi connectivity index (χ1) is 16.7. The molecule has 170 valence electrons. The second-order valence-corrected chi connectivity index (χ2v) is 7.77. The molecular formula is C26H22N4O4. The van der Waals surface area contributed by atoms with Crippen LogP contribution in [0.25, 0.3) is 5.69 Å². The summed E-state index contributed by atoms with van der Waals surface area (Å²) in [6, 6.07) is 22.1. The molecule has 2 heterocycles. The number of amides is 2. The zero-order valence-electron chi connectivity index (χ0n) is 18.2. The molecule has 0 spiro atoms. The number of para-hydroxylation sites is 2. The second kappa shape index (κ2) is 9.50. The zero-order valence-corrected chi connectivity index (χ0v) is 18.2. The molecule has 8 heteroatoms. The molecule has 8 nitrogen and oxygen atoms in total. The number of fused-ring (bicyclic) bond motifs is 1. The lowest BCUT2D eigenvalue weighted by Crippen LogP contribution is -2.25. The van der Waals surface area contributed by atoms with E-state index in [4.69, 9.17) is 9.47 Å². The van der Waals surface area contributed by atoms with E-state index in [1.54, 1.807) is 35.1 Å². The van der Waals surface area contributed by atoms with E-state index in [0.29, 0.717) is 29.3 Å². The lowest BCUT2D eigenvalue weighted by molar-refractivity contribution is -0.115. The van der Waals surface area contributed by atoms with Gasteiger partial charge in [-0.1, -0.05) is 36.4 Å². The lowest BCUT2D eigenvalue weighted by atomic mass is 10.1. The maximum absolute atomic E-state index is 12.8. The number of carbonyl (C=O) groups excluding carboxylic acids is 2. The highest BCUT2D eigenvalue weighted by molar-refractivity contribution is 6.04. The molecule has 0 saturated heterocycles. The molecule has 3 aromatic carbocycles. The zero-order chi connectivity index (χ0) is 23.3. The van der Waals surface area contributed by atoms with Gasteiger partial charge in [-0.3, -0.25) is 9.59 Å². The van der Waals surface area contributed by atoms with Crippen LogP contribution in [0.5, 0.6) is 11.5 Å². The normalized spacial score (nSPS) is 11.8. The summed E-state index contributed by atoms with van der Waals surface area (Å²) in [6.07, 6.45) is 3.62. The number of ether oxygens (including phenoxy) is 2. The maximum Gasteiger partial charge on any atom is 0.253 e. The summed E-state index contributed by atoms with van der Waals surface area (Å²) in [4.78, 5) is 25.5. The van der Waals surface area contributed by atoms with Gasteiger partial charge in [0.25, 0.3) is 5.91 Å². The Hall–Kier alpha value is -4.59. The average Bonchev–Trinajstić information content (AvgIpc) is 3.52. The van der Waals surface area contributed by atoms with Crippen LogP contribution in [0.15, 0.2) is 85.2 Å². The number of anilines is 1. The summed E-state index contributed by atoms with van der Waals surface area (Å²) >= 11 is 0. The molecule has 5 rings (SSSR count). The predicted octanol–water partition coefficient (Wildman–Crippen LogP) is 3.71. The number of aromatic nitrogens is 2. The Morgan fingerprint density at radius 2 is 1.71 bits per heavy atom. The van der Waals surface area contributed by atoms with Crippen LogP contribution in [0.1, 0.15) is 21.5 Å². The van der Waals surface area contributed by atoms with Crippen LogP contribution in [0.2, 0.25) is 0 Å². The fourth-order valence-corrected chi connectivity index (χ4v) is 3.67. The third-order valence-electron chi connectivity index (χ3n) is 5.36. The molecule has 0 radical (unpaired) electrons. The monoisotopic (exact) mass is 454 g/mol. The van der Waals surface area contributed by atoms with E-state index in [2.05, 4.69) is 15.7 Å². The maximum atomic E-state index is 12.8. The molecule has 34 heavy (non-hydrogen) atoms. The largest absolute Gasteiger partial charge is 0.454 e. The van der Waals surface area contributed by atoms with Crippen molar-refractivity contribution in [1.29, 1.82) is 0 Å². The summed E-state index contributed by atoms with van der Waals surface area (Å²) in [6.45, 7) is 0.516. The number of hydrogen-bond acceptors (Lipinski definition) is 5. The molecular weight excluding hydrogens is 432 g/mol. The minimum absolute atomic E-state index is 0.139. The van der Waals surface area contributed by atoms with E-state index in [0.717, 1.165) is 16.8 Å². The van der Waals surface area contributed by atoms with Gasteiger partial charge in [-0.2, -0.15) is 5.10 Å². The minimum Gasteiger partial charge on any atom is -0.454 e. The SMILES string of the molecule is O=C(Cc1cnn(-c2ccccc2)c1)Nc1ccccc1C(=O)NCc1ccc2c(c1)OCO2. The smallest absolute Gasteiger partial charge is 0.253 e. The molecule has 2 amide bonds. The molecule has 1 aliphatic heterocycles. The molecule has 2 N–H and O–H groups in total. The van der Waals surface area contributed by atoms with E-state index in [9.17, 15) is 9.59 Å². The highest BCUT2D eigenvalue weighted by Crippen LogP contribution is 2.32. The Balaban J connectivity index is 1.22. The van der Waals surface area contributed by atoms with E-state index < -0.39 is 0 Å². The summed E-state index contributed by atoms with van der Waals surface area (Å²) in [5.74, 6) is 0.835. The Kier molecular flexibility index (Phi) is 5.94. The van der Waals surface area contributed by atoms with Crippen LogP contribution in [0, 0.1) is 0 Å². The second-order valence-electron chi connectivity index (χ2n) is 7.77. The van der Waals surface area contributed by atoms with E-state index in [1.165, 1.54) is 0 Å². The van der Waals surface area contributed by atoms with Gasteiger partial charge < -0.3 is 20.1 Å². The Labute approximate surface area is 196 Å². The van der Waals surface area contributed by atoms with Crippen molar-refractivity contribution in [2.24, 2.45) is 0 Å². The average molecular weight is 454 g/mol. The van der Waals surface area contributed by atoms with E-state index in [1.807, 2.05) is 54.7 Å². The van der Waals surface area contributed by atoms with Gasteiger partial charge in [-0.05, 0) is 47.5 Å². The fraction of sp³-hybridized carbons (Fsp3) is 0.115. The van der Waals surface area contributed by atoms with Gasteiger partial charge in [0.1, 0.15) is 0 Å². The first-order valence-electron chi connectivity index (χ1n) is 10.8. The van der Waals surface area contributed by atoms with Crippen LogP contribution in [-0.4, -0.2) is 28.4 Å². The molecule has 4 aromatic rings. The third-order valence-corrected chi connectivity index (χ3v) is 5.36. The highest BCUT2D eigenvalue weighted by Gasteiger charge is 2.16. The van der Waals surface area contributed by atoms with Gasteiger partial charge in [0.05, 0.1) is 29.6 Å². The standard InChI is InChI=1S/C26H22N4O4/c31-25(13-19-15-28-30(16-19)20-6-2-1-3-7-20)29-22-9-5-4-8-21(22)26(32)27-14-18-10-11-23-24(12-18)34-17-33-23/h1-12,15-16H,13-14,17H2,(H,27,32)(H,29,31).